The zero-order valence-corrected chi connectivity index (χ0v) is 17.0. The molecule has 1 heterocycles. The first-order valence-corrected chi connectivity index (χ1v) is 10.7. The Bertz CT molecular complexity index is 1250. The average molecular weight is 404 g/mol. The van der Waals surface area contributed by atoms with Crippen LogP contribution in [0, 0.1) is 13.8 Å². The van der Waals surface area contributed by atoms with Crippen LogP contribution in [0.3, 0.4) is 0 Å². The van der Waals surface area contributed by atoms with Crippen LogP contribution >= 0.6 is 0 Å². The summed E-state index contributed by atoms with van der Waals surface area (Å²) in [5.41, 5.74) is 4.44. The molecule has 0 aliphatic carbocycles. The Morgan fingerprint density at radius 3 is 2.17 bits per heavy atom. The molecule has 0 saturated heterocycles. The molecule has 4 rings (SSSR count). The van der Waals surface area contributed by atoms with Gasteiger partial charge in [-0.2, -0.15) is 5.10 Å². The molecule has 0 aliphatic rings. The van der Waals surface area contributed by atoms with Crippen molar-refractivity contribution < 1.29 is 8.42 Å². The maximum absolute atomic E-state index is 13.3. The van der Waals surface area contributed by atoms with Crippen LogP contribution in [-0.4, -0.2) is 18.2 Å². The highest BCUT2D eigenvalue weighted by Gasteiger charge is 2.24. The van der Waals surface area contributed by atoms with Crippen molar-refractivity contribution in [1.29, 1.82) is 0 Å². The van der Waals surface area contributed by atoms with E-state index in [9.17, 15) is 8.42 Å². The summed E-state index contributed by atoms with van der Waals surface area (Å²) < 4.78 is 30.9. The largest absolute Gasteiger partial charge is 0.279 e. The number of nitrogens with one attached hydrogen (secondary N) is 1. The molecular formula is C23H21N3O2S. The van der Waals surface area contributed by atoms with Gasteiger partial charge in [-0.05, 0) is 37.6 Å². The van der Waals surface area contributed by atoms with Gasteiger partial charge in [0.1, 0.15) is 10.6 Å². The number of aryl methyl sites for hydroxylation is 2. The van der Waals surface area contributed by atoms with Crippen LogP contribution in [0.15, 0.2) is 90.0 Å². The molecule has 0 amide bonds. The fourth-order valence-electron chi connectivity index (χ4n) is 3.19. The lowest BCUT2D eigenvalue weighted by atomic mass is 10.1. The number of para-hydroxylation sites is 1. The smallest absolute Gasteiger partial charge is 0.265 e. The van der Waals surface area contributed by atoms with E-state index in [4.69, 9.17) is 0 Å². The SMILES string of the molecule is Cc1ccc(NS(=O)(=O)c2cn(-c3ccccc3)nc2-c2ccccc2)c(C)c1. The molecule has 4 aromatic rings. The molecule has 0 fully saturated rings. The van der Waals surface area contributed by atoms with Gasteiger partial charge in [0.2, 0.25) is 0 Å². The number of sulfonamides is 1. The summed E-state index contributed by atoms with van der Waals surface area (Å²) in [6, 6.07) is 24.4. The van der Waals surface area contributed by atoms with E-state index in [0.29, 0.717) is 11.4 Å². The number of hydrogen-bond acceptors (Lipinski definition) is 3. The molecule has 0 bridgehead atoms. The van der Waals surface area contributed by atoms with E-state index in [1.165, 1.54) is 0 Å². The third kappa shape index (κ3) is 3.93. The van der Waals surface area contributed by atoms with Crippen LogP contribution in [0.2, 0.25) is 0 Å². The Labute approximate surface area is 170 Å². The van der Waals surface area contributed by atoms with Crippen molar-refractivity contribution in [1.82, 2.24) is 9.78 Å². The van der Waals surface area contributed by atoms with Gasteiger partial charge in [-0.25, -0.2) is 13.1 Å². The van der Waals surface area contributed by atoms with Crippen molar-refractivity contribution in [3.05, 3.63) is 96.2 Å². The molecule has 1 N–H and O–H groups in total. The second-order valence-corrected chi connectivity index (χ2v) is 8.56. The fraction of sp³-hybridized carbons (Fsp3) is 0.0870. The van der Waals surface area contributed by atoms with Crippen molar-refractivity contribution in [2.75, 3.05) is 4.72 Å². The van der Waals surface area contributed by atoms with Crippen LogP contribution in [-0.2, 0) is 10.0 Å². The van der Waals surface area contributed by atoms with Gasteiger partial charge < -0.3 is 0 Å². The summed E-state index contributed by atoms with van der Waals surface area (Å²) in [6.07, 6.45) is 1.56. The van der Waals surface area contributed by atoms with Gasteiger partial charge >= 0.3 is 0 Å². The molecule has 6 heteroatoms. The van der Waals surface area contributed by atoms with Crippen LogP contribution in [0.4, 0.5) is 5.69 Å². The zero-order chi connectivity index (χ0) is 20.4. The van der Waals surface area contributed by atoms with Crippen LogP contribution in [0.5, 0.6) is 0 Å². The van der Waals surface area contributed by atoms with Gasteiger partial charge in [-0.1, -0.05) is 66.2 Å². The Hall–Kier alpha value is -3.38. The number of nitrogens with zero attached hydrogens (tertiary/aromatic N) is 2. The summed E-state index contributed by atoms with van der Waals surface area (Å²) in [4.78, 5) is 0.132. The minimum absolute atomic E-state index is 0.132. The van der Waals surface area contributed by atoms with Gasteiger partial charge in [0.05, 0.1) is 17.6 Å². The minimum atomic E-state index is -3.85. The summed E-state index contributed by atoms with van der Waals surface area (Å²) in [6.45, 7) is 3.86. The fourth-order valence-corrected chi connectivity index (χ4v) is 4.47. The standard InChI is InChI=1S/C23H21N3O2S/c1-17-13-14-21(18(2)15-17)25-29(27,28)22-16-26(20-11-7-4-8-12-20)24-23(22)19-9-5-3-6-10-19/h3-16,25H,1-2H3. The van der Waals surface area contributed by atoms with E-state index in [0.717, 1.165) is 22.4 Å². The quantitative estimate of drug-likeness (QED) is 0.512. The predicted octanol–water partition coefficient (Wildman–Crippen LogP) is 4.96. The summed E-state index contributed by atoms with van der Waals surface area (Å²) >= 11 is 0. The van der Waals surface area contributed by atoms with E-state index in [1.807, 2.05) is 86.6 Å². The molecule has 5 nitrogen and oxygen atoms in total. The molecule has 0 aliphatic heterocycles. The van der Waals surface area contributed by atoms with Crippen molar-refractivity contribution in [3.8, 4) is 16.9 Å². The van der Waals surface area contributed by atoms with E-state index in [1.54, 1.807) is 16.9 Å². The number of anilines is 1. The monoisotopic (exact) mass is 403 g/mol. The second kappa shape index (κ2) is 7.56. The first-order valence-electron chi connectivity index (χ1n) is 9.25. The lowest BCUT2D eigenvalue weighted by Gasteiger charge is -2.11. The predicted molar refractivity (Wildman–Crippen MR) is 116 cm³/mol. The topological polar surface area (TPSA) is 64.0 Å². The van der Waals surface area contributed by atoms with Crippen LogP contribution in [0.25, 0.3) is 16.9 Å². The first-order chi connectivity index (χ1) is 13.9. The van der Waals surface area contributed by atoms with E-state index in [2.05, 4.69) is 9.82 Å². The summed E-state index contributed by atoms with van der Waals surface area (Å²) in [7, 11) is -3.85. The lowest BCUT2D eigenvalue weighted by molar-refractivity contribution is 0.601. The number of rotatable bonds is 5. The highest BCUT2D eigenvalue weighted by atomic mass is 32.2. The molecule has 0 unspecified atom stereocenters. The van der Waals surface area contributed by atoms with E-state index in [-0.39, 0.29) is 4.90 Å². The Kier molecular flexibility index (Phi) is 4.94. The van der Waals surface area contributed by atoms with Crippen molar-refractivity contribution in [3.63, 3.8) is 0 Å². The highest BCUT2D eigenvalue weighted by Crippen LogP contribution is 2.29. The van der Waals surface area contributed by atoms with Crippen LogP contribution in [0.1, 0.15) is 11.1 Å². The molecule has 1 aromatic heterocycles. The second-order valence-electron chi connectivity index (χ2n) is 6.91. The Morgan fingerprint density at radius 2 is 1.52 bits per heavy atom. The summed E-state index contributed by atoms with van der Waals surface area (Å²) in [5, 5.41) is 4.59. The molecule has 0 saturated carbocycles. The van der Waals surface area contributed by atoms with Gasteiger partial charge in [0, 0.05) is 5.56 Å². The maximum atomic E-state index is 13.3. The zero-order valence-electron chi connectivity index (χ0n) is 16.2. The van der Waals surface area contributed by atoms with Crippen LogP contribution < -0.4 is 4.72 Å². The number of aromatic nitrogens is 2. The number of benzene rings is 3. The summed E-state index contributed by atoms with van der Waals surface area (Å²) in [5.74, 6) is 0. The molecule has 0 radical (unpaired) electrons. The maximum Gasteiger partial charge on any atom is 0.265 e. The molecule has 0 spiro atoms. The van der Waals surface area contributed by atoms with Gasteiger partial charge in [-0.15, -0.1) is 0 Å². The molecule has 146 valence electrons. The normalized spacial score (nSPS) is 11.4. The molecule has 29 heavy (non-hydrogen) atoms. The Morgan fingerprint density at radius 1 is 0.862 bits per heavy atom. The average Bonchev–Trinajstić information content (AvgIpc) is 3.18. The third-order valence-corrected chi connectivity index (χ3v) is 6.03. The van der Waals surface area contributed by atoms with E-state index >= 15 is 0 Å². The molecule has 3 aromatic carbocycles. The van der Waals surface area contributed by atoms with E-state index < -0.39 is 10.0 Å². The first kappa shape index (κ1) is 19.0. The Balaban J connectivity index is 1.83. The lowest BCUT2D eigenvalue weighted by Crippen LogP contribution is -2.14. The number of hydrogen-bond donors (Lipinski definition) is 1. The minimum Gasteiger partial charge on any atom is -0.279 e. The molecule has 0 atom stereocenters. The van der Waals surface area contributed by atoms with Gasteiger partial charge in [0.15, 0.2) is 0 Å². The third-order valence-electron chi connectivity index (χ3n) is 4.66. The van der Waals surface area contributed by atoms with Crippen molar-refractivity contribution in [2.45, 2.75) is 18.7 Å². The molecular weight excluding hydrogens is 382 g/mol. The van der Waals surface area contributed by atoms with Gasteiger partial charge in [-0.3, -0.25) is 4.72 Å². The highest BCUT2D eigenvalue weighted by molar-refractivity contribution is 7.92. The van der Waals surface area contributed by atoms with Gasteiger partial charge in [0.25, 0.3) is 10.0 Å². The van der Waals surface area contributed by atoms with Crippen molar-refractivity contribution in [2.24, 2.45) is 0 Å². The van der Waals surface area contributed by atoms with Crippen molar-refractivity contribution >= 4 is 15.7 Å².